The first-order valence-corrected chi connectivity index (χ1v) is 7.50. The molecule has 1 amide bonds. The lowest BCUT2D eigenvalue weighted by molar-refractivity contribution is 0.0871. The van der Waals surface area contributed by atoms with Crippen molar-refractivity contribution in [2.45, 2.75) is 58.1 Å². The number of amides is 1. The third-order valence-electron chi connectivity index (χ3n) is 3.60. The molecule has 1 aliphatic carbocycles. The first-order chi connectivity index (χ1) is 8.60. The van der Waals surface area contributed by atoms with Gasteiger partial charge >= 0.3 is 0 Å². The average molecular weight is 267 g/mol. The highest BCUT2D eigenvalue weighted by Crippen LogP contribution is 2.23. The van der Waals surface area contributed by atoms with Crippen molar-refractivity contribution < 1.29 is 9.90 Å². The normalized spacial score (nSPS) is 23.9. The van der Waals surface area contributed by atoms with E-state index in [2.05, 4.69) is 19.2 Å². The summed E-state index contributed by atoms with van der Waals surface area (Å²) in [5, 5.41) is 12.5. The molecule has 1 aliphatic rings. The van der Waals surface area contributed by atoms with Gasteiger partial charge in [-0.05, 0) is 50.7 Å². The molecule has 2 rings (SSSR count). The van der Waals surface area contributed by atoms with Crippen molar-refractivity contribution >= 4 is 17.2 Å². The van der Waals surface area contributed by atoms with Gasteiger partial charge in [-0.15, -0.1) is 11.3 Å². The molecular weight excluding hydrogens is 246 g/mol. The van der Waals surface area contributed by atoms with Gasteiger partial charge in [0.2, 0.25) is 0 Å². The Bertz CT molecular complexity index is 419. The summed E-state index contributed by atoms with van der Waals surface area (Å²) in [5.74, 6) is 0.0455. The predicted octanol–water partition coefficient (Wildman–Crippen LogP) is 2.65. The fourth-order valence-corrected chi connectivity index (χ4v) is 3.48. The van der Waals surface area contributed by atoms with Gasteiger partial charge in [0.15, 0.2) is 0 Å². The molecule has 2 N–H and O–H groups in total. The van der Waals surface area contributed by atoms with Gasteiger partial charge in [-0.1, -0.05) is 6.92 Å². The molecule has 0 radical (unpaired) electrons. The zero-order valence-corrected chi connectivity index (χ0v) is 11.8. The number of aryl methyl sites for hydroxylation is 2. The average Bonchev–Trinajstić information content (AvgIpc) is 2.73. The Hall–Kier alpha value is -0.870. The van der Waals surface area contributed by atoms with E-state index in [0.717, 1.165) is 37.0 Å². The minimum absolute atomic E-state index is 0.0455. The summed E-state index contributed by atoms with van der Waals surface area (Å²) in [4.78, 5) is 14.2. The quantitative estimate of drug-likeness (QED) is 0.884. The maximum Gasteiger partial charge on any atom is 0.261 e. The van der Waals surface area contributed by atoms with Gasteiger partial charge in [0.1, 0.15) is 0 Å². The number of aliphatic hydroxyl groups excluding tert-OH is 1. The summed E-state index contributed by atoms with van der Waals surface area (Å²) < 4.78 is 0. The summed E-state index contributed by atoms with van der Waals surface area (Å²) >= 11 is 1.60. The largest absolute Gasteiger partial charge is 0.393 e. The highest BCUT2D eigenvalue weighted by atomic mass is 32.1. The lowest BCUT2D eigenvalue weighted by Gasteiger charge is -2.25. The van der Waals surface area contributed by atoms with Crippen LogP contribution in [0.25, 0.3) is 0 Å². The standard InChI is InChI=1S/C14H21NO2S/c1-3-12-9(2)8-13(18-12)14(17)15-10-4-6-11(16)7-5-10/h8,10-11,16H,3-7H2,1-2H3,(H,15,17). The molecule has 3 nitrogen and oxygen atoms in total. The molecule has 0 saturated heterocycles. The van der Waals surface area contributed by atoms with Crippen molar-refractivity contribution in [3.8, 4) is 0 Å². The smallest absolute Gasteiger partial charge is 0.261 e. The minimum Gasteiger partial charge on any atom is -0.393 e. The number of thiophene rings is 1. The molecule has 1 aromatic heterocycles. The molecule has 100 valence electrons. The zero-order chi connectivity index (χ0) is 13.1. The van der Waals surface area contributed by atoms with Crippen LogP contribution in [0.1, 0.15) is 52.7 Å². The SMILES string of the molecule is CCc1sc(C(=O)NC2CCC(O)CC2)cc1C. The first-order valence-electron chi connectivity index (χ1n) is 6.68. The summed E-state index contributed by atoms with van der Waals surface area (Å²) in [6, 6.07) is 2.21. The highest BCUT2D eigenvalue weighted by Gasteiger charge is 2.22. The number of nitrogens with one attached hydrogen (secondary N) is 1. The summed E-state index contributed by atoms with van der Waals surface area (Å²) in [7, 11) is 0. The predicted molar refractivity (Wildman–Crippen MR) is 74.2 cm³/mol. The van der Waals surface area contributed by atoms with Gasteiger partial charge in [-0.2, -0.15) is 0 Å². The van der Waals surface area contributed by atoms with Gasteiger partial charge in [0, 0.05) is 10.9 Å². The zero-order valence-electron chi connectivity index (χ0n) is 11.0. The number of rotatable bonds is 3. The first kappa shape index (κ1) is 13.6. The molecule has 1 fully saturated rings. The van der Waals surface area contributed by atoms with Crippen LogP contribution < -0.4 is 5.32 Å². The summed E-state index contributed by atoms with van der Waals surface area (Å²) in [5.41, 5.74) is 1.21. The summed E-state index contributed by atoms with van der Waals surface area (Å²) in [6.45, 7) is 4.17. The van der Waals surface area contributed by atoms with E-state index >= 15 is 0 Å². The highest BCUT2D eigenvalue weighted by molar-refractivity contribution is 7.14. The van der Waals surface area contributed by atoms with Crippen LogP contribution >= 0.6 is 11.3 Å². The van der Waals surface area contributed by atoms with Crippen LogP contribution in [0.5, 0.6) is 0 Å². The monoisotopic (exact) mass is 267 g/mol. The van der Waals surface area contributed by atoms with Crippen molar-refractivity contribution in [3.05, 3.63) is 21.4 Å². The molecule has 0 spiro atoms. The Labute approximate surface area is 112 Å². The molecule has 0 bridgehead atoms. The van der Waals surface area contributed by atoms with E-state index in [0.29, 0.717) is 0 Å². The van der Waals surface area contributed by atoms with E-state index in [9.17, 15) is 9.90 Å². The maximum absolute atomic E-state index is 12.1. The van der Waals surface area contributed by atoms with Crippen molar-refractivity contribution in [3.63, 3.8) is 0 Å². The molecule has 4 heteroatoms. The van der Waals surface area contributed by atoms with Crippen LogP contribution in [0.2, 0.25) is 0 Å². The number of aliphatic hydroxyl groups is 1. The molecule has 0 unspecified atom stereocenters. The fourth-order valence-electron chi connectivity index (χ4n) is 2.46. The maximum atomic E-state index is 12.1. The molecular formula is C14H21NO2S. The second-order valence-corrected chi connectivity index (χ2v) is 6.19. The molecule has 0 aliphatic heterocycles. The topological polar surface area (TPSA) is 49.3 Å². The van der Waals surface area contributed by atoms with Gasteiger partial charge in [-0.25, -0.2) is 0 Å². The van der Waals surface area contributed by atoms with Crippen LogP contribution in [0.15, 0.2) is 6.07 Å². The Morgan fingerprint density at radius 2 is 2.11 bits per heavy atom. The molecule has 1 saturated carbocycles. The second kappa shape index (κ2) is 5.85. The van der Waals surface area contributed by atoms with E-state index in [4.69, 9.17) is 0 Å². The van der Waals surface area contributed by atoms with E-state index in [1.807, 2.05) is 6.07 Å². The molecule has 0 atom stereocenters. The lowest BCUT2D eigenvalue weighted by atomic mass is 9.93. The molecule has 1 heterocycles. The van der Waals surface area contributed by atoms with Crippen LogP contribution in [0, 0.1) is 6.92 Å². The Balaban J connectivity index is 1.94. The second-order valence-electron chi connectivity index (χ2n) is 5.05. The minimum atomic E-state index is -0.172. The van der Waals surface area contributed by atoms with Gasteiger partial charge in [0.05, 0.1) is 11.0 Å². The van der Waals surface area contributed by atoms with Crippen molar-refractivity contribution in [2.24, 2.45) is 0 Å². The molecule has 1 aromatic rings. The molecule has 18 heavy (non-hydrogen) atoms. The van der Waals surface area contributed by atoms with Crippen LogP contribution in [0.4, 0.5) is 0 Å². The van der Waals surface area contributed by atoms with E-state index in [1.54, 1.807) is 11.3 Å². The Morgan fingerprint density at radius 1 is 1.44 bits per heavy atom. The fraction of sp³-hybridized carbons (Fsp3) is 0.643. The van der Waals surface area contributed by atoms with Crippen LogP contribution in [-0.2, 0) is 6.42 Å². The van der Waals surface area contributed by atoms with Crippen LogP contribution in [0.3, 0.4) is 0 Å². The number of hydrogen-bond donors (Lipinski definition) is 2. The van der Waals surface area contributed by atoms with E-state index < -0.39 is 0 Å². The van der Waals surface area contributed by atoms with Gasteiger partial charge in [0.25, 0.3) is 5.91 Å². The van der Waals surface area contributed by atoms with Gasteiger partial charge in [-0.3, -0.25) is 4.79 Å². The van der Waals surface area contributed by atoms with Crippen LogP contribution in [-0.4, -0.2) is 23.2 Å². The van der Waals surface area contributed by atoms with Crippen molar-refractivity contribution in [1.82, 2.24) is 5.32 Å². The Kier molecular flexibility index (Phi) is 4.40. The Morgan fingerprint density at radius 3 is 2.67 bits per heavy atom. The molecule has 0 aromatic carbocycles. The lowest BCUT2D eigenvalue weighted by Crippen LogP contribution is -2.38. The number of carbonyl (C=O) groups is 1. The van der Waals surface area contributed by atoms with Gasteiger partial charge < -0.3 is 10.4 Å². The number of carbonyl (C=O) groups excluding carboxylic acids is 1. The van der Waals surface area contributed by atoms with E-state index in [1.165, 1.54) is 10.4 Å². The summed E-state index contributed by atoms with van der Waals surface area (Å²) in [6.07, 6.45) is 4.19. The van der Waals surface area contributed by atoms with E-state index in [-0.39, 0.29) is 18.1 Å². The van der Waals surface area contributed by atoms with Crippen molar-refractivity contribution in [2.75, 3.05) is 0 Å². The third kappa shape index (κ3) is 3.12. The third-order valence-corrected chi connectivity index (χ3v) is 4.98. The number of hydrogen-bond acceptors (Lipinski definition) is 3. The van der Waals surface area contributed by atoms with Crippen molar-refractivity contribution in [1.29, 1.82) is 0 Å².